The molecule has 2 heterocycles. The van der Waals surface area contributed by atoms with Gasteiger partial charge in [0.25, 0.3) is 5.91 Å². The zero-order valence-electron chi connectivity index (χ0n) is 17.8. The molecule has 1 saturated heterocycles. The number of carbonyl (C=O) groups is 2. The molecule has 30 heavy (non-hydrogen) atoms. The van der Waals surface area contributed by atoms with Gasteiger partial charge in [-0.05, 0) is 18.1 Å². The maximum Gasteiger partial charge on any atom is 0.328 e. The number of fused-ring (bicyclic) bond motifs is 1. The van der Waals surface area contributed by atoms with Crippen LogP contribution in [0.4, 0.5) is 4.79 Å². The van der Waals surface area contributed by atoms with Crippen LogP contribution in [0.1, 0.15) is 16.7 Å². The number of aliphatic imine (C=N–C) groups is 1. The number of hydrogen-bond donors (Lipinski definition) is 0. The first-order valence-electron chi connectivity index (χ1n) is 10.1. The largest absolute Gasteiger partial charge is 0.341 e. The lowest BCUT2D eigenvalue weighted by molar-refractivity contribution is -0.137. The molecule has 4 rings (SSSR count). The molecule has 0 radical (unpaired) electrons. The van der Waals surface area contributed by atoms with Crippen molar-refractivity contribution in [2.45, 2.75) is 32.2 Å². The molecule has 0 bridgehead atoms. The molecule has 3 amide bonds. The SMILES string of the molecule is Cc1ccc(CN2C(=O)C3C(N=C(N(C)Cc4ccccc4)N3C)N(C)C2=O)cc1. The van der Waals surface area contributed by atoms with Crippen molar-refractivity contribution in [1.29, 1.82) is 0 Å². The van der Waals surface area contributed by atoms with E-state index < -0.39 is 12.2 Å². The third-order valence-corrected chi connectivity index (χ3v) is 5.78. The van der Waals surface area contributed by atoms with Crippen molar-refractivity contribution >= 4 is 17.9 Å². The lowest BCUT2D eigenvalue weighted by Gasteiger charge is -2.40. The van der Waals surface area contributed by atoms with Gasteiger partial charge < -0.3 is 14.7 Å². The van der Waals surface area contributed by atoms with Crippen LogP contribution in [0.5, 0.6) is 0 Å². The Labute approximate surface area is 177 Å². The number of aryl methyl sites for hydroxylation is 1. The molecule has 0 N–H and O–H groups in total. The van der Waals surface area contributed by atoms with Crippen molar-refractivity contribution in [2.24, 2.45) is 4.99 Å². The van der Waals surface area contributed by atoms with Crippen LogP contribution in [-0.4, -0.2) is 70.8 Å². The Morgan fingerprint density at radius 2 is 1.60 bits per heavy atom. The Morgan fingerprint density at radius 3 is 2.27 bits per heavy atom. The molecule has 2 aromatic rings. The number of imide groups is 1. The highest BCUT2D eigenvalue weighted by Crippen LogP contribution is 2.28. The summed E-state index contributed by atoms with van der Waals surface area (Å²) >= 11 is 0. The van der Waals surface area contributed by atoms with Crippen molar-refractivity contribution in [2.75, 3.05) is 21.1 Å². The number of hydrogen-bond acceptors (Lipinski definition) is 5. The molecule has 2 aliphatic heterocycles. The van der Waals surface area contributed by atoms with Crippen molar-refractivity contribution in [1.82, 2.24) is 19.6 Å². The van der Waals surface area contributed by atoms with Gasteiger partial charge in [-0.2, -0.15) is 0 Å². The standard InChI is InChI=1S/C23H27N5O2/c1-16-10-12-18(13-11-16)15-28-21(29)19-20(27(4)23(28)30)24-22(26(19)3)25(2)14-17-8-6-5-7-9-17/h5-13,19-20H,14-15H2,1-4H3. The van der Waals surface area contributed by atoms with E-state index >= 15 is 0 Å². The maximum absolute atomic E-state index is 13.3. The summed E-state index contributed by atoms with van der Waals surface area (Å²) in [6.07, 6.45) is -0.516. The van der Waals surface area contributed by atoms with Crippen molar-refractivity contribution < 1.29 is 9.59 Å². The summed E-state index contributed by atoms with van der Waals surface area (Å²) in [6, 6.07) is 17.2. The predicted octanol–water partition coefficient (Wildman–Crippen LogP) is 2.52. The second kappa shape index (κ2) is 7.82. The zero-order chi connectivity index (χ0) is 21.4. The van der Waals surface area contributed by atoms with Gasteiger partial charge in [-0.25, -0.2) is 9.79 Å². The highest BCUT2D eigenvalue weighted by Gasteiger charge is 2.51. The third-order valence-electron chi connectivity index (χ3n) is 5.78. The van der Waals surface area contributed by atoms with Gasteiger partial charge in [-0.1, -0.05) is 60.2 Å². The van der Waals surface area contributed by atoms with Gasteiger partial charge in [0.15, 0.2) is 18.2 Å². The Morgan fingerprint density at radius 1 is 0.933 bits per heavy atom. The van der Waals surface area contributed by atoms with Crippen LogP contribution in [0.15, 0.2) is 59.6 Å². The van der Waals surface area contributed by atoms with Gasteiger partial charge in [-0.15, -0.1) is 0 Å². The lowest BCUT2D eigenvalue weighted by Crippen LogP contribution is -2.64. The first kappa shape index (κ1) is 19.9. The van der Waals surface area contributed by atoms with Crippen LogP contribution in [0.25, 0.3) is 0 Å². The van der Waals surface area contributed by atoms with Crippen LogP contribution in [0, 0.1) is 6.92 Å². The fraction of sp³-hybridized carbons (Fsp3) is 0.348. The average Bonchev–Trinajstić information content (AvgIpc) is 3.09. The third kappa shape index (κ3) is 3.51. The quantitative estimate of drug-likeness (QED) is 0.784. The number of rotatable bonds is 4. The lowest BCUT2D eigenvalue weighted by atomic mass is 10.1. The monoisotopic (exact) mass is 405 g/mol. The minimum Gasteiger partial charge on any atom is -0.341 e. The fourth-order valence-electron chi connectivity index (χ4n) is 4.07. The number of likely N-dealkylation sites (N-methyl/N-ethyl adjacent to an activating group) is 2. The molecule has 0 aliphatic carbocycles. The van der Waals surface area contributed by atoms with E-state index in [1.807, 2.05) is 73.3 Å². The van der Waals surface area contributed by atoms with Crippen LogP contribution in [-0.2, 0) is 17.9 Å². The summed E-state index contributed by atoms with van der Waals surface area (Å²) in [7, 11) is 5.54. The summed E-state index contributed by atoms with van der Waals surface area (Å²) < 4.78 is 0. The van der Waals surface area contributed by atoms with Gasteiger partial charge in [-0.3, -0.25) is 9.69 Å². The predicted molar refractivity (Wildman–Crippen MR) is 116 cm³/mol. The summed E-state index contributed by atoms with van der Waals surface area (Å²) in [5, 5.41) is 0. The number of amides is 3. The molecular formula is C23H27N5O2. The van der Waals surface area contributed by atoms with E-state index in [0.29, 0.717) is 12.5 Å². The summed E-state index contributed by atoms with van der Waals surface area (Å²) in [5.74, 6) is 0.497. The fourth-order valence-corrected chi connectivity index (χ4v) is 4.07. The first-order valence-corrected chi connectivity index (χ1v) is 10.1. The van der Waals surface area contributed by atoms with Gasteiger partial charge in [0.2, 0.25) is 0 Å². The van der Waals surface area contributed by atoms with Gasteiger partial charge >= 0.3 is 6.03 Å². The molecular weight excluding hydrogens is 378 g/mol. The van der Waals surface area contributed by atoms with E-state index in [2.05, 4.69) is 12.1 Å². The van der Waals surface area contributed by atoms with Crippen LogP contribution < -0.4 is 0 Å². The highest BCUT2D eigenvalue weighted by molar-refractivity contribution is 6.03. The minimum atomic E-state index is -0.522. The van der Waals surface area contributed by atoms with E-state index in [-0.39, 0.29) is 18.5 Å². The van der Waals surface area contributed by atoms with Gasteiger partial charge in [0.05, 0.1) is 6.54 Å². The van der Waals surface area contributed by atoms with Crippen molar-refractivity contribution in [3.63, 3.8) is 0 Å². The average molecular weight is 406 g/mol. The number of urea groups is 1. The molecule has 7 heteroatoms. The molecule has 2 unspecified atom stereocenters. The number of guanidine groups is 1. The number of benzene rings is 2. The summed E-state index contributed by atoms with van der Waals surface area (Å²) in [6.45, 7) is 2.94. The molecule has 0 aromatic heterocycles. The van der Waals surface area contributed by atoms with Crippen molar-refractivity contribution in [3.05, 3.63) is 71.3 Å². The highest BCUT2D eigenvalue weighted by atomic mass is 16.2. The molecule has 156 valence electrons. The van der Waals surface area contributed by atoms with E-state index in [1.165, 1.54) is 4.90 Å². The van der Waals surface area contributed by atoms with E-state index in [0.717, 1.165) is 16.7 Å². The normalized spacial score (nSPS) is 21.1. The second-order valence-corrected chi connectivity index (χ2v) is 8.04. The number of nitrogens with zero attached hydrogens (tertiary/aromatic N) is 5. The second-order valence-electron chi connectivity index (χ2n) is 8.04. The molecule has 7 nitrogen and oxygen atoms in total. The van der Waals surface area contributed by atoms with E-state index in [9.17, 15) is 9.59 Å². The number of carbonyl (C=O) groups excluding carboxylic acids is 2. The van der Waals surface area contributed by atoms with E-state index in [4.69, 9.17) is 4.99 Å². The first-order chi connectivity index (χ1) is 14.4. The molecule has 2 atom stereocenters. The Balaban J connectivity index is 1.55. The topological polar surface area (TPSA) is 59.5 Å². The van der Waals surface area contributed by atoms with Gasteiger partial charge in [0, 0.05) is 27.7 Å². The molecule has 2 aliphatic rings. The maximum atomic E-state index is 13.3. The van der Waals surface area contributed by atoms with Crippen LogP contribution in [0.2, 0.25) is 0 Å². The Kier molecular flexibility index (Phi) is 5.20. The molecule has 2 aromatic carbocycles. The minimum absolute atomic E-state index is 0.210. The Bertz CT molecular complexity index is 973. The van der Waals surface area contributed by atoms with Gasteiger partial charge in [0.1, 0.15) is 0 Å². The smallest absolute Gasteiger partial charge is 0.328 e. The summed E-state index contributed by atoms with van der Waals surface area (Å²) in [4.78, 5) is 37.8. The van der Waals surface area contributed by atoms with Crippen LogP contribution in [0.3, 0.4) is 0 Å². The molecule has 0 spiro atoms. The molecule has 0 saturated carbocycles. The Hall–Kier alpha value is -3.35. The van der Waals surface area contributed by atoms with Crippen molar-refractivity contribution in [3.8, 4) is 0 Å². The molecule has 1 fully saturated rings. The van der Waals surface area contributed by atoms with Crippen LogP contribution >= 0.6 is 0 Å². The summed E-state index contributed by atoms with van der Waals surface area (Å²) in [5.41, 5.74) is 3.22. The van der Waals surface area contributed by atoms with E-state index in [1.54, 1.807) is 11.9 Å². The zero-order valence-corrected chi connectivity index (χ0v) is 17.8.